The molecule has 0 saturated carbocycles. The maximum absolute atomic E-state index is 11.7. The number of hydrogen-bond acceptors (Lipinski definition) is 4. The topological polar surface area (TPSA) is 61.6 Å². The van der Waals surface area contributed by atoms with Gasteiger partial charge in [-0.05, 0) is 39.9 Å². The predicted molar refractivity (Wildman–Crippen MR) is 69.3 cm³/mol. The summed E-state index contributed by atoms with van der Waals surface area (Å²) in [6.07, 6.45) is 4.33. The Labute approximate surface area is 104 Å². The molecule has 2 atom stereocenters. The Bertz CT molecular complexity index is 247. The van der Waals surface area contributed by atoms with Gasteiger partial charge in [0.25, 0.3) is 5.91 Å². The van der Waals surface area contributed by atoms with Crippen molar-refractivity contribution in [2.45, 2.75) is 44.7 Å². The highest BCUT2D eigenvalue weighted by molar-refractivity contribution is 5.81. The number of rotatable bonds is 6. The van der Waals surface area contributed by atoms with Crippen LogP contribution in [0.5, 0.6) is 0 Å². The van der Waals surface area contributed by atoms with Gasteiger partial charge in [-0.25, -0.2) is 5.84 Å². The summed E-state index contributed by atoms with van der Waals surface area (Å²) in [6.45, 7) is 4.20. The molecular formula is C12H26N4O. The maximum atomic E-state index is 11.7. The van der Waals surface area contributed by atoms with Crippen molar-refractivity contribution in [2.75, 3.05) is 27.2 Å². The normalized spacial score (nSPS) is 23.0. The molecule has 0 bridgehead atoms. The van der Waals surface area contributed by atoms with Crippen molar-refractivity contribution in [3.05, 3.63) is 0 Å². The Balaban J connectivity index is 2.52. The molecule has 0 radical (unpaired) electrons. The van der Waals surface area contributed by atoms with Gasteiger partial charge >= 0.3 is 0 Å². The summed E-state index contributed by atoms with van der Waals surface area (Å²) in [5, 5.41) is 0. The zero-order valence-corrected chi connectivity index (χ0v) is 11.3. The molecule has 1 aliphatic rings. The molecule has 0 spiro atoms. The Hall–Kier alpha value is -0.650. The molecule has 0 aromatic carbocycles. The Morgan fingerprint density at radius 2 is 2.35 bits per heavy atom. The average Bonchev–Trinajstić information content (AvgIpc) is 2.71. The van der Waals surface area contributed by atoms with E-state index in [9.17, 15) is 4.79 Å². The first-order valence-electron chi connectivity index (χ1n) is 6.51. The SMILES string of the molecule is CCCC(C(=O)NN)N(C)CC1CCCN1C. The van der Waals surface area contributed by atoms with Crippen LogP contribution in [0.4, 0.5) is 0 Å². The van der Waals surface area contributed by atoms with Gasteiger partial charge in [0.2, 0.25) is 0 Å². The van der Waals surface area contributed by atoms with Gasteiger partial charge in [0.15, 0.2) is 0 Å². The average molecular weight is 242 g/mol. The summed E-state index contributed by atoms with van der Waals surface area (Å²) < 4.78 is 0. The second kappa shape index (κ2) is 6.93. The first-order valence-corrected chi connectivity index (χ1v) is 6.51. The van der Waals surface area contributed by atoms with Gasteiger partial charge in [0.1, 0.15) is 0 Å². The molecule has 1 fully saturated rings. The number of likely N-dealkylation sites (tertiary alicyclic amines) is 1. The first kappa shape index (κ1) is 14.4. The van der Waals surface area contributed by atoms with Crippen LogP contribution in [-0.4, -0.2) is 55.0 Å². The van der Waals surface area contributed by atoms with E-state index < -0.39 is 0 Å². The molecule has 1 saturated heterocycles. The fourth-order valence-corrected chi connectivity index (χ4v) is 2.59. The minimum absolute atomic E-state index is 0.0741. The van der Waals surface area contributed by atoms with Crippen molar-refractivity contribution in [2.24, 2.45) is 5.84 Å². The Morgan fingerprint density at radius 3 is 2.82 bits per heavy atom. The fourth-order valence-electron chi connectivity index (χ4n) is 2.59. The van der Waals surface area contributed by atoms with E-state index in [2.05, 4.69) is 29.2 Å². The van der Waals surface area contributed by atoms with Gasteiger partial charge in [-0.2, -0.15) is 0 Å². The van der Waals surface area contributed by atoms with E-state index in [1.165, 1.54) is 19.4 Å². The number of amides is 1. The molecule has 0 aromatic heterocycles. The van der Waals surface area contributed by atoms with Crippen LogP contribution >= 0.6 is 0 Å². The Morgan fingerprint density at radius 1 is 1.65 bits per heavy atom. The van der Waals surface area contributed by atoms with Crippen LogP contribution in [-0.2, 0) is 4.79 Å². The van der Waals surface area contributed by atoms with Crippen LogP contribution in [0.1, 0.15) is 32.6 Å². The summed E-state index contributed by atoms with van der Waals surface area (Å²) in [7, 11) is 4.17. The van der Waals surface area contributed by atoms with Crippen molar-refractivity contribution in [3.8, 4) is 0 Å². The van der Waals surface area contributed by atoms with Crippen molar-refractivity contribution in [1.82, 2.24) is 15.2 Å². The van der Waals surface area contributed by atoms with Gasteiger partial charge in [-0.1, -0.05) is 13.3 Å². The van der Waals surface area contributed by atoms with Crippen LogP contribution in [0, 0.1) is 0 Å². The van der Waals surface area contributed by atoms with E-state index >= 15 is 0 Å². The summed E-state index contributed by atoms with van der Waals surface area (Å²) in [4.78, 5) is 16.2. The molecule has 100 valence electrons. The van der Waals surface area contributed by atoms with Crippen molar-refractivity contribution in [3.63, 3.8) is 0 Å². The van der Waals surface area contributed by atoms with Crippen LogP contribution in [0.15, 0.2) is 0 Å². The quantitative estimate of drug-likeness (QED) is 0.396. The molecule has 17 heavy (non-hydrogen) atoms. The van der Waals surface area contributed by atoms with E-state index in [0.717, 1.165) is 19.4 Å². The fraction of sp³-hybridized carbons (Fsp3) is 0.917. The van der Waals surface area contributed by atoms with Gasteiger partial charge in [-0.3, -0.25) is 15.1 Å². The zero-order chi connectivity index (χ0) is 12.8. The molecule has 1 rings (SSSR count). The number of hydrogen-bond donors (Lipinski definition) is 2. The maximum Gasteiger partial charge on any atom is 0.251 e. The highest BCUT2D eigenvalue weighted by Crippen LogP contribution is 2.17. The van der Waals surface area contributed by atoms with E-state index in [-0.39, 0.29) is 11.9 Å². The predicted octanol–water partition coefficient (Wildman–Crippen LogP) is 0.171. The smallest absolute Gasteiger partial charge is 0.251 e. The van der Waals surface area contributed by atoms with Gasteiger partial charge in [0.05, 0.1) is 6.04 Å². The third-order valence-electron chi connectivity index (χ3n) is 3.71. The minimum Gasteiger partial charge on any atom is -0.302 e. The first-order chi connectivity index (χ1) is 8.10. The van der Waals surface area contributed by atoms with Gasteiger partial charge in [0, 0.05) is 12.6 Å². The number of carbonyl (C=O) groups excluding carboxylic acids is 1. The van der Waals surface area contributed by atoms with Crippen LogP contribution in [0.2, 0.25) is 0 Å². The van der Waals surface area contributed by atoms with Crippen molar-refractivity contribution in [1.29, 1.82) is 0 Å². The van der Waals surface area contributed by atoms with Crippen molar-refractivity contribution < 1.29 is 4.79 Å². The Kier molecular flexibility index (Phi) is 5.88. The molecule has 5 heteroatoms. The lowest BCUT2D eigenvalue weighted by Crippen LogP contribution is -2.50. The standard InChI is InChI=1S/C12H26N4O/c1-4-6-11(12(17)14-13)16(3)9-10-7-5-8-15(10)2/h10-11H,4-9,13H2,1-3H3,(H,14,17). The number of carbonyl (C=O) groups is 1. The lowest BCUT2D eigenvalue weighted by molar-refractivity contribution is -0.126. The number of nitrogens with zero attached hydrogens (tertiary/aromatic N) is 2. The van der Waals surface area contributed by atoms with Gasteiger partial charge < -0.3 is 4.90 Å². The lowest BCUT2D eigenvalue weighted by atomic mass is 10.1. The zero-order valence-electron chi connectivity index (χ0n) is 11.3. The van der Waals surface area contributed by atoms with E-state index in [0.29, 0.717) is 6.04 Å². The van der Waals surface area contributed by atoms with E-state index in [1.54, 1.807) is 0 Å². The molecular weight excluding hydrogens is 216 g/mol. The third-order valence-corrected chi connectivity index (χ3v) is 3.71. The number of hydrazine groups is 1. The number of nitrogens with one attached hydrogen (secondary N) is 1. The largest absolute Gasteiger partial charge is 0.302 e. The molecule has 1 amide bonds. The van der Waals surface area contributed by atoms with Crippen LogP contribution < -0.4 is 11.3 Å². The minimum atomic E-state index is -0.0981. The second-order valence-corrected chi connectivity index (χ2v) is 5.03. The molecule has 2 unspecified atom stereocenters. The molecule has 5 nitrogen and oxygen atoms in total. The molecule has 0 aromatic rings. The number of nitrogens with two attached hydrogens (primary N) is 1. The monoisotopic (exact) mass is 242 g/mol. The van der Waals surface area contributed by atoms with E-state index in [4.69, 9.17) is 5.84 Å². The number of likely N-dealkylation sites (N-methyl/N-ethyl adjacent to an activating group) is 2. The second-order valence-electron chi connectivity index (χ2n) is 5.03. The highest BCUT2D eigenvalue weighted by Gasteiger charge is 2.27. The molecule has 1 heterocycles. The molecule has 0 aliphatic carbocycles. The van der Waals surface area contributed by atoms with Gasteiger partial charge in [-0.15, -0.1) is 0 Å². The summed E-state index contributed by atoms with van der Waals surface area (Å²) >= 11 is 0. The van der Waals surface area contributed by atoms with Crippen molar-refractivity contribution >= 4 is 5.91 Å². The summed E-state index contributed by atoms with van der Waals surface area (Å²) in [5.74, 6) is 5.17. The molecule has 3 N–H and O–H groups in total. The van der Waals surface area contributed by atoms with E-state index in [1.807, 2.05) is 7.05 Å². The summed E-state index contributed by atoms with van der Waals surface area (Å²) in [6, 6.07) is 0.476. The van der Waals surface area contributed by atoms with Crippen LogP contribution in [0.25, 0.3) is 0 Å². The highest BCUT2D eigenvalue weighted by atomic mass is 16.2. The summed E-state index contributed by atoms with van der Waals surface area (Å²) in [5.41, 5.74) is 2.27. The lowest BCUT2D eigenvalue weighted by Gasteiger charge is -2.31. The molecule has 1 aliphatic heterocycles. The third kappa shape index (κ3) is 3.94. The van der Waals surface area contributed by atoms with Crippen LogP contribution in [0.3, 0.4) is 0 Å².